The smallest absolute Gasteiger partial charge is 0.273 e. The van der Waals surface area contributed by atoms with Crippen LogP contribution in [-0.4, -0.2) is 37.4 Å². The first-order chi connectivity index (χ1) is 14.1. The highest BCUT2D eigenvalue weighted by Gasteiger charge is 2.18. The Morgan fingerprint density at radius 1 is 1.24 bits per heavy atom. The summed E-state index contributed by atoms with van der Waals surface area (Å²) in [7, 11) is 0. The molecular formula is C19H18FN5O2S2. The molecule has 3 aromatic heterocycles. The Bertz CT molecular complexity index is 1230. The number of rotatable bonds is 7. The van der Waals surface area contributed by atoms with E-state index in [1.165, 1.54) is 39.8 Å². The molecule has 1 amide bonds. The van der Waals surface area contributed by atoms with Crippen LogP contribution in [0.15, 0.2) is 45.7 Å². The fourth-order valence-electron chi connectivity index (χ4n) is 2.95. The third kappa shape index (κ3) is 3.90. The van der Waals surface area contributed by atoms with Gasteiger partial charge in [0.2, 0.25) is 11.7 Å². The number of nitrogens with one attached hydrogen (secondary N) is 1. The summed E-state index contributed by atoms with van der Waals surface area (Å²) in [6.07, 6.45) is 0.870. The molecule has 0 radical (unpaired) electrons. The Labute approximate surface area is 173 Å². The first kappa shape index (κ1) is 19.6. The van der Waals surface area contributed by atoms with Crippen LogP contribution in [-0.2, 0) is 11.3 Å². The third-order valence-corrected chi connectivity index (χ3v) is 6.16. The molecule has 150 valence electrons. The number of hydrogen-bond acceptors (Lipinski definition) is 6. The van der Waals surface area contributed by atoms with Gasteiger partial charge in [-0.05, 0) is 35.6 Å². The minimum Gasteiger partial charge on any atom is -0.355 e. The molecular weight excluding hydrogens is 413 g/mol. The Morgan fingerprint density at radius 3 is 2.79 bits per heavy atom. The predicted molar refractivity (Wildman–Crippen MR) is 112 cm³/mol. The number of fused-ring (bicyclic) bond motifs is 3. The molecule has 0 saturated carbocycles. The summed E-state index contributed by atoms with van der Waals surface area (Å²) in [6, 6.07) is 7.85. The second-order valence-electron chi connectivity index (χ2n) is 6.41. The normalized spacial score (nSPS) is 11.4. The van der Waals surface area contributed by atoms with E-state index in [0.29, 0.717) is 27.7 Å². The number of amides is 1. The largest absolute Gasteiger partial charge is 0.355 e. The SMILES string of the molecule is CCCNC(=O)CSc1nnc2n(Cc3ccc(F)cc3)c(=O)c3sccc3n12. The van der Waals surface area contributed by atoms with Crippen molar-refractivity contribution in [2.24, 2.45) is 0 Å². The fraction of sp³-hybridized carbons (Fsp3) is 0.263. The Hall–Kier alpha value is -2.72. The molecule has 3 heterocycles. The van der Waals surface area contributed by atoms with Crippen molar-refractivity contribution < 1.29 is 9.18 Å². The van der Waals surface area contributed by atoms with E-state index in [1.54, 1.807) is 16.5 Å². The third-order valence-electron chi connectivity index (χ3n) is 4.34. The monoisotopic (exact) mass is 431 g/mol. The molecule has 0 aliphatic rings. The molecule has 0 saturated heterocycles. The Kier molecular flexibility index (Phi) is 5.63. The summed E-state index contributed by atoms with van der Waals surface area (Å²) in [6.45, 7) is 2.87. The van der Waals surface area contributed by atoms with Gasteiger partial charge in [-0.3, -0.25) is 18.6 Å². The van der Waals surface area contributed by atoms with Crippen LogP contribution < -0.4 is 10.9 Å². The van der Waals surface area contributed by atoms with E-state index in [-0.39, 0.29) is 29.6 Å². The number of hydrogen-bond donors (Lipinski definition) is 1. The van der Waals surface area contributed by atoms with Crippen molar-refractivity contribution >= 4 is 45.0 Å². The zero-order valence-electron chi connectivity index (χ0n) is 15.6. The van der Waals surface area contributed by atoms with Crippen molar-refractivity contribution in [3.63, 3.8) is 0 Å². The quantitative estimate of drug-likeness (QED) is 0.455. The van der Waals surface area contributed by atoms with Gasteiger partial charge in [-0.25, -0.2) is 4.39 Å². The summed E-state index contributed by atoms with van der Waals surface area (Å²) in [5.41, 5.74) is 1.32. The van der Waals surface area contributed by atoms with Gasteiger partial charge in [0.15, 0.2) is 5.16 Å². The second-order valence-corrected chi connectivity index (χ2v) is 8.27. The van der Waals surface area contributed by atoms with Gasteiger partial charge in [-0.1, -0.05) is 30.8 Å². The van der Waals surface area contributed by atoms with Crippen LogP contribution in [0.2, 0.25) is 0 Å². The number of carbonyl (C=O) groups excluding carboxylic acids is 1. The fourth-order valence-corrected chi connectivity index (χ4v) is 4.55. The number of benzene rings is 1. The number of carbonyl (C=O) groups is 1. The molecule has 0 aliphatic carbocycles. The van der Waals surface area contributed by atoms with Crippen molar-refractivity contribution in [3.05, 3.63) is 57.4 Å². The summed E-state index contributed by atoms with van der Waals surface area (Å²) in [4.78, 5) is 25.0. The molecule has 0 aliphatic heterocycles. The van der Waals surface area contributed by atoms with Crippen molar-refractivity contribution in [1.29, 1.82) is 0 Å². The van der Waals surface area contributed by atoms with Gasteiger partial charge in [0.25, 0.3) is 5.56 Å². The van der Waals surface area contributed by atoms with Crippen molar-refractivity contribution in [2.75, 3.05) is 12.3 Å². The minimum absolute atomic E-state index is 0.0743. The Morgan fingerprint density at radius 2 is 2.03 bits per heavy atom. The van der Waals surface area contributed by atoms with Crippen LogP contribution in [0, 0.1) is 5.82 Å². The molecule has 1 aromatic carbocycles. The molecule has 0 unspecified atom stereocenters. The zero-order chi connectivity index (χ0) is 20.4. The number of aromatic nitrogens is 4. The van der Waals surface area contributed by atoms with Crippen LogP contribution in [0.4, 0.5) is 4.39 Å². The molecule has 0 bridgehead atoms. The summed E-state index contributed by atoms with van der Waals surface area (Å²) >= 11 is 2.62. The molecule has 7 nitrogen and oxygen atoms in total. The molecule has 10 heteroatoms. The first-order valence-corrected chi connectivity index (χ1v) is 10.9. The van der Waals surface area contributed by atoms with Crippen LogP contribution in [0.5, 0.6) is 0 Å². The van der Waals surface area contributed by atoms with Crippen LogP contribution in [0.1, 0.15) is 18.9 Å². The number of halogens is 1. The van der Waals surface area contributed by atoms with Crippen molar-refractivity contribution in [1.82, 2.24) is 24.5 Å². The first-order valence-electron chi connectivity index (χ1n) is 9.07. The lowest BCUT2D eigenvalue weighted by atomic mass is 10.2. The molecule has 0 fully saturated rings. The van der Waals surface area contributed by atoms with Crippen molar-refractivity contribution in [3.8, 4) is 0 Å². The maximum Gasteiger partial charge on any atom is 0.273 e. The lowest BCUT2D eigenvalue weighted by molar-refractivity contribution is -0.118. The van der Waals surface area contributed by atoms with Crippen LogP contribution >= 0.6 is 23.1 Å². The lowest BCUT2D eigenvalue weighted by Crippen LogP contribution is -2.26. The molecule has 4 aromatic rings. The van der Waals surface area contributed by atoms with E-state index >= 15 is 0 Å². The zero-order valence-corrected chi connectivity index (χ0v) is 17.2. The molecule has 0 atom stereocenters. The van der Waals surface area contributed by atoms with E-state index < -0.39 is 0 Å². The standard InChI is InChI=1S/C19H18FN5O2S2/c1-2-8-21-15(26)11-29-19-23-22-18-24(10-12-3-5-13(20)6-4-12)17(27)16-14(25(18)19)7-9-28-16/h3-7,9H,2,8,10-11H2,1H3,(H,21,26). The predicted octanol–water partition coefficient (Wildman–Crippen LogP) is 2.91. The van der Waals surface area contributed by atoms with Gasteiger partial charge in [0, 0.05) is 6.54 Å². The van der Waals surface area contributed by atoms with Gasteiger partial charge >= 0.3 is 0 Å². The summed E-state index contributed by atoms with van der Waals surface area (Å²) in [5, 5.41) is 13.7. The highest BCUT2D eigenvalue weighted by atomic mass is 32.2. The number of nitrogens with zero attached hydrogens (tertiary/aromatic N) is 4. The number of thiophene rings is 1. The van der Waals surface area contributed by atoms with Crippen LogP contribution in [0.25, 0.3) is 16.0 Å². The number of thioether (sulfide) groups is 1. The average molecular weight is 432 g/mol. The van der Waals surface area contributed by atoms with Gasteiger partial charge in [-0.15, -0.1) is 21.5 Å². The Balaban J connectivity index is 1.75. The summed E-state index contributed by atoms with van der Waals surface area (Å²) in [5.74, 6) is 0.197. The minimum atomic E-state index is -0.331. The molecule has 1 N–H and O–H groups in total. The van der Waals surface area contributed by atoms with E-state index in [2.05, 4.69) is 15.5 Å². The van der Waals surface area contributed by atoms with E-state index in [0.717, 1.165) is 12.0 Å². The maximum atomic E-state index is 13.2. The highest BCUT2D eigenvalue weighted by molar-refractivity contribution is 7.99. The topological polar surface area (TPSA) is 81.3 Å². The van der Waals surface area contributed by atoms with Gasteiger partial charge in [0.05, 0.1) is 17.8 Å². The van der Waals surface area contributed by atoms with Crippen LogP contribution in [0.3, 0.4) is 0 Å². The van der Waals surface area contributed by atoms with E-state index in [1.807, 2.05) is 18.4 Å². The second kappa shape index (κ2) is 8.34. The van der Waals surface area contributed by atoms with Crippen molar-refractivity contribution in [2.45, 2.75) is 25.0 Å². The van der Waals surface area contributed by atoms with E-state index in [9.17, 15) is 14.0 Å². The molecule has 4 rings (SSSR count). The van der Waals surface area contributed by atoms with Gasteiger partial charge in [-0.2, -0.15) is 0 Å². The maximum absolute atomic E-state index is 13.2. The molecule has 29 heavy (non-hydrogen) atoms. The van der Waals surface area contributed by atoms with Gasteiger partial charge < -0.3 is 5.32 Å². The van der Waals surface area contributed by atoms with Gasteiger partial charge in [0.1, 0.15) is 10.5 Å². The lowest BCUT2D eigenvalue weighted by Gasteiger charge is -2.09. The average Bonchev–Trinajstić information content (AvgIpc) is 3.36. The van der Waals surface area contributed by atoms with E-state index in [4.69, 9.17) is 0 Å². The highest BCUT2D eigenvalue weighted by Crippen LogP contribution is 2.24. The summed E-state index contributed by atoms with van der Waals surface area (Å²) < 4.78 is 17.1. The molecule has 0 spiro atoms.